The predicted molar refractivity (Wildman–Crippen MR) is 71.0 cm³/mol. The zero-order chi connectivity index (χ0) is 11.5. The van der Waals surface area contributed by atoms with Gasteiger partial charge in [-0.15, -0.1) is 0 Å². The molecule has 2 N–H and O–H groups in total. The lowest BCUT2D eigenvalue weighted by atomic mass is 10.1. The smallest absolute Gasteiger partial charge is 0.133 e. The number of nitrogens with two attached hydrogens (primary N) is 1. The molecule has 0 radical (unpaired) electrons. The highest BCUT2D eigenvalue weighted by atomic mass is 32.2. The molecule has 1 saturated heterocycles. The normalized spacial score (nSPS) is 22.1. The Hall–Kier alpha value is -0.740. The number of hydrogen-bond donors (Lipinski definition) is 1. The average molecular weight is 237 g/mol. The monoisotopic (exact) mass is 237 g/mol. The molecule has 0 aromatic carbocycles. The molecule has 0 amide bonds. The summed E-state index contributed by atoms with van der Waals surface area (Å²) in [5.74, 6) is 3.51. The molecule has 2 heterocycles. The minimum absolute atomic E-state index is 0.0419. The van der Waals surface area contributed by atoms with Crippen LogP contribution in [0.15, 0.2) is 18.3 Å². The lowest BCUT2D eigenvalue weighted by molar-refractivity contribution is 0.680. The molecule has 0 saturated carbocycles. The Morgan fingerprint density at radius 2 is 2.44 bits per heavy atom. The summed E-state index contributed by atoms with van der Waals surface area (Å²) in [6.45, 7) is 2.01. The SMILES string of the molecule is C[C@@H](N)c1cccnc1N(C)C1CCSC1. The van der Waals surface area contributed by atoms with Crippen LogP contribution in [0.4, 0.5) is 5.82 Å². The second-order valence-corrected chi connectivity index (χ2v) is 5.48. The number of rotatable bonds is 3. The van der Waals surface area contributed by atoms with Gasteiger partial charge in [0.15, 0.2) is 0 Å². The lowest BCUT2D eigenvalue weighted by Crippen LogP contribution is -2.33. The van der Waals surface area contributed by atoms with E-state index in [-0.39, 0.29) is 6.04 Å². The quantitative estimate of drug-likeness (QED) is 0.873. The van der Waals surface area contributed by atoms with E-state index in [1.54, 1.807) is 0 Å². The van der Waals surface area contributed by atoms with E-state index in [0.717, 1.165) is 11.4 Å². The summed E-state index contributed by atoms with van der Waals surface area (Å²) in [6, 6.07) is 4.68. The van der Waals surface area contributed by atoms with Gasteiger partial charge in [-0.05, 0) is 25.2 Å². The molecule has 2 rings (SSSR count). The van der Waals surface area contributed by atoms with E-state index >= 15 is 0 Å². The van der Waals surface area contributed by atoms with Gasteiger partial charge >= 0.3 is 0 Å². The van der Waals surface area contributed by atoms with Crippen LogP contribution in [0.1, 0.15) is 24.9 Å². The highest BCUT2D eigenvalue weighted by molar-refractivity contribution is 7.99. The second-order valence-electron chi connectivity index (χ2n) is 4.33. The third-order valence-electron chi connectivity index (χ3n) is 3.09. The van der Waals surface area contributed by atoms with Crippen molar-refractivity contribution in [1.29, 1.82) is 0 Å². The second kappa shape index (κ2) is 5.06. The molecular weight excluding hydrogens is 218 g/mol. The summed E-state index contributed by atoms with van der Waals surface area (Å²) in [7, 11) is 2.13. The Kier molecular flexibility index (Phi) is 3.71. The number of pyridine rings is 1. The third-order valence-corrected chi connectivity index (χ3v) is 4.24. The Balaban J connectivity index is 2.24. The van der Waals surface area contributed by atoms with Crippen molar-refractivity contribution in [2.45, 2.75) is 25.4 Å². The van der Waals surface area contributed by atoms with Crippen LogP contribution in [0.3, 0.4) is 0 Å². The van der Waals surface area contributed by atoms with Crippen LogP contribution in [0.25, 0.3) is 0 Å². The Morgan fingerprint density at radius 3 is 3.06 bits per heavy atom. The summed E-state index contributed by atoms with van der Waals surface area (Å²) < 4.78 is 0. The molecular formula is C12H19N3S. The van der Waals surface area contributed by atoms with Crippen LogP contribution in [0.2, 0.25) is 0 Å². The van der Waals surface area contributed by atoms with Gasteiger partial charge < -0.3 is 10.6 Å². The zero-order valence-corrected chi connectivity index (χ0v) is 10.7. The van der Waals surface area contributed by atoms with Gasteiger partial charge in [0.1, 0.15) is 5.82 Å². The number of aromatic nitrogens is 1. The van der Waals surface area contributed by atoms with E-state index in [2.05, 4.69) is 23.0 Å². The highest BCUT2D eigenvalue weighted by Gasteiger charge is 2.23. The third kappa shape index (κ3) is 2.33. The molecule has 4 heteroatoms. The van der Waals surface area contributed by atoms with Gasteiger partial charge in [-0.3, -0.25) is 0 Å². The molecule has 0 spiro atoms. The standard InChI is InChI=1S/C12H19N3S/c1-9(13)11-4-3-6-14-12(11)15(2)10-5-7-16-8-10/h3-4,6,9-10H,5,7-8,13H2,1-2H3/t9-,10?/m1/s1. The van der Waals surface area contributed by atoms with Gasteiger partial charge in [0.05, 0.1) is 0 Å². The van der Waals surface area contributed by atoms with Gasteiger partial charge in [0, 0.05) is 36.6 Å². The van der Waals surface area contributed by atoms with Crippen molar-refractivity contribution in [2.24, 2.45) is 5.73 Å². The zero-order valence-electron chi connectivity index (χ0n) is 9.89. The molecule has 88 valence electrons. The first-order chi connectivity index (χ1) is 7.70. The lowest BCUT2D eigenvalue weighted by Gasteiger charge is -2.27. The number of anilines is 1. The first kappa shape index (κ1) is 11.7. The fourth-order valence-corrected chi connectivity index (χ4v) is 3.33. The van der Waals surface area contributed by atoms with Crippen LogP contribution in [0, 0.1) is 0 Å². The fourth-order valence-electron chi connectivity index (χ4n) is 2.06. The van der Waals surface area contributed by atoms with Crippen molar-refractivity contribution in [2.75, 3.05) is 23.5 Å². The van der Waals surface area contributed by atoms with Crippen LogP contribution >= 0.6 is 11.8 Å². The molecule has 1 aromatic rings. The molecule has 2 atom stereocenters. The number of hydrogen-bond acceptors (Lipinski definition) is 4. The average Bonchev–Trinajstić information content (AvgIpc) is 2.81. The van der Waals surface area contributed by atoms with Crippen molar-refractivity contribution >= 4 is 17.6 Å². The predicted octanol–water partition coefficient (Wildman–Crippen LogP) is 2.04. The van der Waals surface area contributed by atoms with Crippen LogP contribution in [-0.2, 0) is 0 Å². The van der Waals surface area contributed by atoms with Crippen molar-refractivity contribution < 1.29 is 0 Å². The van der Waals surface area contributed by atoms with Crippen LogP contribution < -0.4 is 10.6 Å². The van der Waals surface area contributed by atoms with Gasteiger partial charge in [-0.1, -0.05) is 6.07 Å². The molecule has 1 fully saturated rings. The molecule has 0 bridgehead atoms. The molecule has 16 heavy (non-hydrogen) atoms. The molecule has 1 aromatic heterocycles. The minimum Gasteiger partial charge on any atom is -0.356 e. The van der Waals surface area contributed by atoms with E-state index in [0.29, 0.717) is 6.04 Å². The highest BCUT2D eigenvalue weighted by Crippen LogP contribution is 2.28. The first-order valence-corrected chi connectivity index (χ1v) is 6.86. The van der Waals surface area contributed by atoms with Crippen LogP contribution in [-0.4, -0.2) is 29.6 Å². The van der Waals surface area contributed by atoms with E-state index < -0.39 is 0 Å². The molecule has 1 aliphatic rings. The van der Waals surface area contributed by atoms with Crippen molar-refractivity contribution in [3.8, 4) is 0 Å². The van der Waals surface area contributed by atoms with Crippen LogP contribution in [0.5, 0.6) is 0 Å². The molecule has 3 nitrogen and oxygen atoms in total. The van der Waals surface area contributed by atoms with Gasteiger partial charge in [0.25, 0.3) is 0 Å². The minimum atomic E-state index is 0.0419. The first-order valence-electron chi connectivity index (χ1n) is 5.71. The summed E-state index contributed by atoms with van der Waals surface area (Å²) in [5.41, 5.74) is 7.12. The number of nitrogens with zero attached hydrogens (tertiary/aromatic N) is 2. The topological polar surface area (TPSA) is 42.1 Å². The maximum atomic E-state index is 5.98. The maximum Gasteiger partial charge on any atom is 0.133 e. The fraction of sp³-hybridized carbons (Fsp3) is 0.583. The van der Waals surface area contributed by atoms with Gasteiger partial charge in [0.2, 0.25) is 0 Å². The Bertz CT molecular complexity index is 348. The molecule has 0 aliphatic carbocycles. The van der Waals surface area contributed by atoms with E-state index in [1.807, 2.05) is 30.9 Å². The van der Waals surface area contributed by atoms with E-state index in [1.165, 1.54) is 17.9 Å². The van der Waals surface area contributed by atoms with Gasteiger partial charge in [-0.2, -0.15) is 11.8 Å². The van der Waals surface area contributed by atoms with Gasteiger partial charge in [-0.25, -0.2) is 4.98 Å². The maximum absolute atomic E-state index is 5.98. The summed E-state index contributed by atoms with van der Waals surface area (Å²) in [5, 5.41) is 0. The number of thioether (sulfide) groups is 1. The Labute approximate surface area is 101 Å². The summed E-state index contributed by atoms with van der Waals surface area (Å²) in [4.78, 5) is 6.77. The summed E-state index contributed by atoms with van der Waals surface area (Å²) >= 11 is 2.02. The van der Waals surface area contributed by atoms with E-state index in [4.69, 9.17) is 5.73 Å². The summed E-state index contributed by atoms with van der Waals surface area (Å²) in [6.07, 6.45) is 3.09. The van der Waals surface area contributed by atoms with E-state index in [9.17, 15) is 0 Å². The molecule has 1 aliphatic heterocycles. The van der Waals surface area contributed by atoms with Crippen molar-refractivity contribution in [3.63, 3.8) is 0 Å². The largest absolute Gasteiger partial charge is 0.356 e. The Morgan fingerprint density at radius 1 is 1.62 bits per heavy atom. The van der Waals surface area contributed by atoms with Crippen molar-refractivity contribution in [3.05, 3.63) is 23.9 Å². The molecule has 1 unspecified atom stereocenters. The van der Waals surface area contributed by atoms with Crippen molar-refractivity contribution in [1.82, 2.24) is 4.98 Å².